The molecule has 0 saturated carbocycles. The smallest absolute Gasteiger partial charge is 0.0442 e. The van der Waals surface area contributed by atoms with Crippen LogP contribution in [0.3, 0.4) is 0 Å². The van der Waals surface area contributed by atoms with Crippen LogP contribution in [0, 0.1) is 0 Å². The Balaban J connectivity index is 2.89. The molecular weight excluding hydrogens is 194 g/mol. The van der Waals surface area contributed by atoms with E-state index in [0.717, 1.165) is 0 Å². The molecule has 1 nitrogen and oxygen atoms in total. The minimum Gasteiger partial charge on any atom is -0.226 e. The van der Waals surface area contributed by atoms with Crippen molar-refractivity contribution in [2.45, 2.75) is 39.2 Å². The molecule has 1 aromatic rings. The molecule has 0 unspecified atom stereocenters. The summed E-state index contributed by atoms with van der Waals surface area (Å²) in [6.07, 6.45) is 0. The zero-order valence-corrected chi connectivity index (χ0v) is 10.0. The number of nitrogens with one attached hydrogen (secondary N) is 1. The summed E-state index contributed by atoms with van der Waals surface area (Å²) in [4.78, 5) is 2.71. The quantitative estimate of drug-likeness (QED) is 0.734. The lowest BCUT2D eigenvalue weighted by Crippen LogP contribution is -2.12. The van der Waals surface area contributed by atoms with Gasteiger partial charge in [0.15, 0.2) is 0 Å². The average molecular weight is 212 g/mol. The van der Waals surface area contributed by atoms with Crippen molar-refractivity contribution in [1.82, 2.24) is 4.84 Å². The molecule has 0 aliphatic rings. The molecule has 78 valence electrons. The normalized spacial score (nSPS) is 14.1. The highest BCUT2D eigenvalue weighted by molar-refractivity contribution is 6.13. The van der Waals surface area contributed by atoms with Gasteiger partial charge in [0.25, 0.3) is 0 Å². The highest BCUT2D eigenvalue weighted by Gasteiger charge is 2.13. The first kappa shape index (κ1) is 11.5. The van der Waals surface area contributed by atoms with Crippen molar-refractivity contribution in [2.24, 2.45) is 0 Å². The molecule has 2 heteroatoms. The molecule has 1 atom stereocenters. The van der Waals surface area contributed by atoms with Crippen molar-refractivity contribution in [2.75, 3.05) is 0 Å². The van der Waals surface area contributed by atoms with Gasteiger partial charge in [-0.2, -0.15) is 0 Å². The van der Waals surface area contributed by atoms with E-state index in [0.29, 0.717) is 0 Å². The summed E-state index contributed by atoms with van der Waals surface area (Å²) in [6.45, 7) is 8.68. The molecule has 14 heavy (non-hydrogen) atoms. The minimum absolute atomic E-state index is 0.200. The minimum atomic E-state index is 0.200. The molecule has 0 aliphatic heterocycles. The number of hydrogen-bond donors (Lipinski definition) is 1. The first-order valence-electron chi connectivity index (χ1n) is 4.92. The van der Waals surface area contributed by atoms with Crippen LogP contribution in [0.25, 0.3) is 0 Å². The zero-order valence-electron chi connectivity index (χ0n) is 9.26. The SMILES string of the molecule is C[C@H](NCl)c1ccc(C(C)(C)C)cc1. The van der Waals surface area contributed by atoms with Crippen LogP contribution in [0.15, 0.2) is 24.3 Å². The van der Waals surface area contributed by atoms with Crippen LogP contribution < -0.4 is 4.84 Å². The fourth-order valence-electron chi connectivity index (χ4n) is 1.33. The van der Waals surface area contributed by atoms with Gasteiger partial charge in [-0.25, -0.2) is 4.84 Å². The van der Waals surface area contributed by atoms with Gasteiger partial charge < -0.3 is 0 Å². The summed E-state index contributed by atoms with van der Waals surface area (Å²) in [6, 6.07) is 8.78. The van der Waals surface area contributed by atoms with E-state index < -0.39 is 0 Å². The molecule has 0 radical (unpaired) electrons. The molecule has 0 saturated heterocycles. The Morgan fingerprint density at radius 3 is 2.00 bits per heavy atom. The largest absolute Gasteiger partial charge is 0.226 e. The Hall–Kier alpha value is -0.530. The fraction of sp³-hybridized carbons (Fsp3) is 0.500. The Kier molecular flexibility index (Phi) is 3.57. The van der Waals surface area contributed by atoms with Crippen LogP contribution in [0.4, 0.5) is 0 Å². The maximum atomic E-state index is 5.57. The summed E-state index contributed by atoms with van der Waals surface area (Å²) in [5.74, 6) is 0. The van der Waals surface area contributed by atoms with E-state index in [2.05, 4.69) is 49.9 Å². The van der Waals surface area contributed by atoms with Crippen molar-refractivity contribution in [3.63, 3.8) is 0 Å². The first-order chi connectivity index (χ1) is 6.45. The molecule has 0 amide bonds. The molecule has 1 N–H and O–H groups in total. The monoisotopic (exact) mass is 211 g/mol. The van der Waals surface area contributed by atoms with Crippen LogP contribution in [0.1, 0.15) is 44.9 Å². The summed E-state index contributed by atoms with van der Waals surface area (Å²) in [7, 11) is 0. The van der Waals surface area contributed by atoms with E-state index in [1.165, 1.54) is 11.1 Å². The lowest BCUT2D eigenvalue weighted by Gasteiger charge is -2.19. The highest BCUT2D eigenvalue weighted by Crippen LogP contribution is 2.23. The second kappa shape index (κ2) is 4.33. The molecule has 0 aliphatic carbocycles. The van der Waals surface area contributed by atoms with Crippen molar-refractivity contribution in [1.29, 1.82) is 0 Å². The van der Waals surface area contributed by atoms with E-state index in [4.69, 9.17) is 11.8 Å². The number of rotatable bonds is 2. The third kappa shape index (κ3) is 2.73. The molecule has 1 rings (SSSR count). The van der Waals surface area contributed by atoms with Crippen LogP contribution in [0.2, 0.25) is 0 Å². The van der Waals surface area contributed by atoms with Gasteiger partial charge >= 0.3 is 0 Å². The average Bonchev–Trinajstić information content (AvgIpc) is 2.15. The number of halogens is 1. The van der Waals surface area contributed by atoms with Crippen LogP contribution >= 0.6 is 11.8 Å². The molecule has 0 heterocycles. The summed E-state index contributed by atoms with van der Waals surface area (Å²) in [5, 5.41) is 0. The Bertz CT molecular complexity index is 284. The molecule has 0 aromatic heterocycles. The number of benzene rings is 1. The molecule has 1 aromatic carbocycles. The van der Waals surface area contributed by atoms with Gasteiger partial charge in [0.05, 0.1) is 0 Å². The number of hydrogen-bond acceptors (Lipinski definition) is 1. The maximum Gasteiger partial charge on any atom is 0.0442 e. The second-order valence-corrected chi connectivity index (χ2v) is 4.92. The summed E-state index contributed by atoms with van der Waals surface area (Å²) < 4.78 is 0. The zero-order chi connectivity index (χ0) is 10.8. The van der Waals surface area contributed by atoms with E-state index in [1.54, 1.807) is 0 Å². The van der Waals surface area contributed by atoms with Gasteiger partial charge in [-0.15, -0.1) is 0 Å². The lowest BCUT2D eigenvalue weighted by molar-refractivity contribution is 0.589. The topological polar surface area (TPSA) is 12.0 Å². The van der Waals surface area contributed by atoms with E-state index in [1.807, 2.05) is 6.92 Å². The van der Waals surface area contributed by atoms with Gasteiger partial charge in [-0.05, 0) is 35.2 Å². The standard InChI is InChI=1S/C12H18ClN/c1-9(14-13)10-5-7-11(8-6-10)12(2,3)4/h5-9,14H,1-4H3/t9-/m0/s1. The van der Waals surface area contributed by atoms with E-state index >= 15 is 0 Å². The van der Waals surface area contributed by atoms with Crippen LogP contribution in [-0.4, -0.2) is 0 Å². The van der Waals surface area contributed by atoms with Crippen LogP contribution in [0.5, 0.6) is 0 Å². The van der Waals surface area contributed by atoms with Crippen molar-refractivity contribution >= 4 is 11.8 Å². The van der Waals surface area contributed by atoms with Crippen molar-refractivity contribution in [3.8, 4) is 0 Å². The first-order valence-corrected chi connectivity index (χ1v) is 5.29. The van der Waals surface area contributed by atoms with Crippen molar-refractivity contribution in [3.05, 3.63) is 35.4 Å². The second-order valence-electron chi connectivity index (χ2n) is 4.70. The van der Waals surface area contributed by atoms with Crippen LogP contribution in [-0.2, 0) is 5.41 Å². The molecule has 0 fully saturated rings. The Morgan fingerprint density at radius 1 is 1.14 bits per heavy atom. The van der Waals surface area contributed by atoms with Gasteiger partial charge in [-0.1, -0.05) is 45.0 Å². The summed E-state index contributed by atoms with van der Waals surface area (Å²) in [5.41, 5.74) is 2.78. The van der Waals surface area contributed by atoms with Gasteiger partial charge in [0.1, 0.15) is 0 Å². The molecule has 0 spiro atoms. The summed E-state index contributed by atoms with van der Waals surface area (Å²) >= 11 is 5.57. The van der Waals surface area contributed by atoms with E-state index in [9.17, 15) is 0 Å². The fourth-order valence-corrected chi connectivity index (χ4v) is 1.46. The Morgan fingerprint density at radius 2 is 1.64 bits per heavy atom. The predicted molar refractivity (Wildman–Crippen MR) is 62.5 cm³/mol. The maximum absolute atomic E-state index is 5.57. The van der Waals surface area contributed by atoms with Gasteiger partial charge in [0, 0.05) is 6.04 Å². The Labute approximate surface area is 91.6 Å². The third-order valence-corrected chi connectivity index (χ3v) is 2.77. The van der Waals surface area contributed by atoms with Gasteiger partial charge in [-0.3, -0.25) is 0 Å². The van der Waals surface area contributed by atoms with Gasteiger partial charge in [0.2, 0.25) is 0 Å². The lowest BCUT2D eigenvalue weighted by atomic mass is 9.86. The highest BCUT2D eigenvalue weighted by atomic mass is 35.5. The molecule has 0 bridgehead atoms. The van der Waals surface area contributed by atoms with E-state index in [-0.39, 0.29) is 11.5 Å². The third-order valence-electron chi connectivity index (χ3n) is 2.44. The molecular formula is C12H18ClN. The van der Waals surface area contributed by atoms with Crippen molar-refractivity contribution < 1.29 is 0 Å². The predicted octanol–water partition coefficient (Wildman–Crippen LogP) is 3.79.